The molecule has 1 N–H and O–H groups in total. The summed E-state index contributed by atoms with van der Waals surface area (Å²) in [5, 5.41) is 8.78. The van der Waals surface area contributed by atoms with Crippen LogP contribution >= 0.6 is 0 Å². The van der Waals surface area contributed by atoms with Crippen LogP contribution in [0.1, 0.15) is 17.3 Å². The molecule has 0 saturated heterocycles. The maximum Gasteiger partial charge on any atom is 0.323 e. The highest BCUT2D eigenvalue weighted by Gasteiger charge is 2.26. The fourth-order valence-electron chi connectivity index (χ4n) is 1.50. The van der Waals surface area contributed by atoms with Crippen molar-refractivity contribution in [1.82, 2.24) is 14.9 Å². The van der Waals surface area contributed by atoms with Gasteiger partial charge in [0.15, 0.2) is 5.56 Å². The number of amides is 1. The van der Waals surface area contributed by atoms with Crippen molar-refractivity contribution < 1.29 is 24.2 Å². The van der Waals surface area contributed by atoms with E-state index in [1.807, 2.05) is 0 Å². The van der Waals surface area contributed by atoms with E-state index in [1.54, 1.807) is 6.92 Å². The number of aliphatic carboxylic acids is 1. The lowest BCUT2D eigenvalue weighted by molar-refractivity contribution is -0.137. The third-order valence-electron chi connectivity index (χ3n) is 2.37. The van der Waals surface area contributed by atoms with Crippen molar-refractivity contribution in [2.45, 2.75) is 6.92 Å². The lowest BCUT2D eigenvalue weighted by Crippen LogP contribution is -2.36. The standard InChI is InChI=1S/C11H15N3O5/c1-4-14(5-7(15)16)11(17)8-9(18-2)12-6-13-10(8)19-3/h6H,4-5H2,1-3H3,(H,15,16). The first-order valence-electron chi connectivity index (χ1n) is 5.49. The summed E-state index contributed by atoms with van der Waals surface area (Å²) < 4.78 is 9.97. The van der Waals surface area contributed by atoms with Gasteiger partial charge in [0.2, 0.25) is 11.8 Å². The third kappa shape index (κ3) is 3.30. The van der Waals surface area contributed by atoms with Gasteiger partial charge in [-0.1, -0.05) is 0 Å². The average Bonchev–Trinajstić information content (AvgIpc) is 2.42. The Hall–Kier alpha value is -2.38. The maximum atomic E-state index is 12.3. The van der Waals surface area contributed by atoms with Gasteiger partial charge in [0.25, 0.3) is 5.91 Å². The van der Waals surface area contributed by atoms with Gasteiger partial charge in [-0.25, -0.2) is 9.97 Å². The molecule has 19 heavy (non-hydrogen) atoms. The Bertz CT molecular complexity index is 455. The summed E-state index contributed by atoms with van der Waals surface area (Å²) in [5.74, 6) is -1.58. The summed E-state index contributed by atoms with van der Waals surface area (Å²) in [4.78, 5) is 31.8. The topological polar surface area (TPSA) is 102 Å². The Morgan fingerprint density at radius 3 is 2.16 bits per heavy atom. The fourth-order valence-corrected chi connectivity index (χ4v) is 1.50. The second-order valence-corrected chi connectivity index (χ2v) is 3.48. The van der Waals surface area contributed by atoms with Gasteiger partial charge < -0.3 is 19.5 Å². The van der Waals surface area contributed by atoms with Crippen molar-refractivity contribution in [2.75, 3.05) is 27.3 Å². The summed E-state index contributed by atoms with van der Waals surface area (Å²) in [6, 6.07) is 0. The molecule has 1 amide bonds. The van der Waals surface area contributed by atoms with E-state index < -0.39 is 18.4 Å². The molecule has 0 aromatic carbocycles. The van der Waals surface area contributed by atoms with E-state index in [9.17, 15) is 9.59 Å². The minimum absolute atomic E-state index is 0.00981. The van der Waals surface area contributed by atoms with E-state index in [1.165, 1.54) is 20.5 Å². The lowest BCUT2D eigenvalue weighted by atomic mass is 10.2. The molecule has 0 unspecified atom stereocenters. The van der Waals surface area contributed by atoms with Crippen LogP contribution in [0.5, 0.6) is 11.8 Å². The maximum absolute atomic E-state index is 12.3. The molecule has 0 aliphatic heterocycles. The molecular formula is C11H15N3O5. The molecule has 0 aliphatic rings. The molecule has 0 atom stereocenters. The first-order chi connectivity index (χ1) is 9.04. The van der Waals surface area contributed by atoms with Crippen LogP contribution in [-0.2, 0) is 4.79 Å². The average molecular weight is 269 g/mol. The molecule has 1 aromatic rings. The largest absolute Gasteiger partial charge is 0.480 e. The summed E-state index contributed by atoms with van der Waals surface area (Å²) in [6.07, 6.45) is 1.20. The van der Waals surface area contributed by atoms with Crippen LogP contribution in [0.15, 0.2) is 6.33 Å². The van der Waals surface area contributed by atoms with Crippen LogP contribution < -0.4 is 9.47 Å². The van der Waals surface area contributed by atoms with Crippen molar-refractivity contribution in [2.24, 2.45) is 0 Å². The summed E-state index contributed by atoms with van der Waals surface area (Å²) in [5.41, 5.74) is 0.00981. The normalized spacial score (nSPS) is 9.84. The molecule has 0 aliphatic carbocycles. The van der Waals surface area contributed by atoms with Crippen molar-refractivity contribution >= 4 is 11.9 Å². The summed E-state index contributed by atoms with van der Waals surface area (Å²) in [6.45, 7) is 1.48. The number of hydrogen-bond donors (Lipinski definition) is 1. The van der Waals surface area contributed by atoms with Crippen molar-refractivity contribution in [3.8, 4) is 11.8 Å². The van der Waals surface area contributed by atoms with Gasteiger partial charge >= 0.3 is 5.97 Å². The Labute approximate surface area is 110 Å². The third-order valence-corrected chi connectivity index (χ3v) is 2.37. The Balaban J connectivity index is 3.19. The number of likely N-dealkylation sites (N-methyl/N-ethyl adjacent to an activating group) is 1. The smallest absolute Gasteiger partial charge is 0.323 e. The number of carbonyl (C=O) groups is 2. The van der Waals surface area contributed by atoms with E-state index in [4.69, 9.17) is 14.6 Å². The minimum atomic E-state index is -1.11. The van der Waals surface area contributed by atoms with Crippen molar-refractivity contribution in [3.63, 3.8) is 0 Å². The predicted molar refractivity (Wildman–Crippen MR) is 64.3 cm³/mol. The zero-order chi connectivity index (χ0) is 14.4. The van der Waals surface area contributed by atoms with E-state index >= 15 is 0 Å². The second kappa shape index (κ2) is 6.53. The Morgan fingerprint density at radius 1 is 1.26 bits per heavy atom. The minimum Gasteiger partial charge on any atom is -0.480 e. The predicted octanol–water partition coefficient (Wildman–Crippen LogP) is 0.0405. The van der Waals surface area contributed by atoms with Crippen LogP contribution in [0.2, 0.25) is 0 Å². The van der Waals surface area contributed by atoms with Crippen LogP contribution in [0, 0.1) is 0 Å². The number of carbonyl (C=O) groups excluding carboxylic acids is 1. The van der Waals surface area contributed by atoms with E-state index in [0.29, 0.717) is 0 Å². The number of methoxy groups -OCH3 is 2. The number of carboxylic acids is 1. The first-order valence-corrected chi connectivity index (χ1v) is 5.49. The molecular weight excluding hydrogens is 254 g/mol. The molecule has 8 nitrogen and oxygen atoms in total. The van der Waals surface area contributed by atoms with Crippen molar-refractivity contribution in [3.05, 3.63) is 11.9 Å². The molecule has 1 rings (SSSR count). The van der Waals surface area contributed by atoms with E-state index in [2.05, 4.69) is 9.97 Å². The van der Waals surface area contributed by atoms with Gasteiger partial charge in [-0.3, -0.25) is 9.59 Å². The number of rotatable bonds is 6. The fraction of sp³-hybridized carbons (Fsp3) is 0.455. The highest BCUT2D eigenvalue weighted by molar-refractivity contribution is 5.99. The van der Waals surface area contributed by atoms with E-state index in [0.717, 1.165) is 4.90 Å². The monoisotopic (exact) mass is 269 g/mol. The zero-order valence-electron chi connectivity index (χ0n) is 10.9. The highest BCUT2D eigenvalue weighted by atomic mass is 16.5. The van der Waals surface area contributed by atoms with Gasteiger partial charge in [0, 0.05) is 6.54 Å². The van der Waals surface area contributed by atoms with Crippen LogP contribution in [0.3, 0.4) is 0 Å². The van der Waals surface area contributed by atoms with E-state index in [-0.39, 0.29) is 23.9 Å². The van der Waals surface area contributed by atoms with Crippen LogP contribution in [0.4, 0.5) is 0 Å². The molecule has 0 radical (unpaired) electrons. The number of ether oxygens (including phenoxy) is 2. The zero-order valence-corrected chi connectivity index (χ0v) is 10.9. The Kier molecular flexibility index (Phi) is 5.04. The number of aromatic nitrogens is 2. The first kappa shape index (κ1) is 14.7. The molecule has 1 aromatic heterocycles. The van der Waals surface area contributed by atoms with Crippen LogP contribution in [0.25, 0.3) is 0 Å². The summed E-state index contributed by atoms with van der Waals surface area (Å²) in [7, 11) is 2.71. The van der Waals surface area contributed by atoms with Gasteiger partial charge in [-0.15, -0.1) is 0 Å². The SMILES string of the molecule is CCN(CC(=O)O)C(=O)c1c(OC)ncnc1OC. The summed E-state index contributed by atoms with van der Waals surface area (Å²) >= 11 is 0. The number of hydrogen-bond acceptors (Lipinski definition) is 6. The quantitative estimate of drug-likeness (QED) is 0.777. The molecule has 104 valence electrons. The molecule has 0 bridgehead atoms. The van der Waals surface area contributed by atoms with Gasteiger partial charge in [-0.05, 0) is 6.92 Å². The Morgan fingerprint density at radius 2 is 1.79 bits per heavy atom. The molecule has 0 spiro atoms. The van der Waals surface area contributed by atoms with Gasteiger partial charge in [-0.2, -0.15) is 0 Å². The number of carboxylic acid groups (broad SMARTS) is 1. The number of nitrogens with zero attached hydrogens (tertiary/aromatic N) is 3. The van der Waals surface area contributed by atoms with Gasteiger partial charge in [0.1, 0.15) is 12.9 Å². The van der Waals surface area contributed by atoms with Gasteiger partial charge in [0.05, 0.1) is 14.2 Å². The van der Waals surface area contributed by atoms with Crippen LogP contribution in [-0.4, -0.2) is 59.2 Å². The second-order valence-electron chi connectivity index (χ2n) is 3.48. The molecule has 0 fully saturated rings. The van der Waals surface area contributed by atoms with Crippen molar-refractivity contribution in [1.29, 1.82) is 0 Å². The molecule has 1 heterocycles. The molecule has 8 heteroatoms. The lowest BCUT2D eigenvalue weighted by Gasteiger charge is -2.20. The molecule has 0 saturated carbocycles. The highest BCUT2D eigenvalue weighted by Crippen LogP contribution is 2.24.